The molecule has 0 unspecified atom stereocenters. The molecule has 0 aromatic heterocycles. The van der Waals surface area contributed by atoms with E-state index in [1.54, 1.807) is 42.5 Å². The molecule has 1 atom stereocenters. The second kappa shape index (κ2) is 10.3. The highest BCUT2D eigenvalue weighted by Gasteiger charge is 2.20. The molecule has 0 aliphatic rings. The minimum absolute atomic E-state index is 0.0504. The Morgan fingerprint density at radius 3 is 2.31 bits per heavy atom. The smallest absolute Gasteiger partial charge is 0.265 e. The summed E-state index contributed by atoms with van der Waals surface area (Å²) in [6.07, 6.45) is -0.293. The molecule has 0 saturated heterocycles. The van der Waals surface area contributed by atoms with Crippen molar-refractivity contribution in [2.24, 2.45) is 0 Å². The van der Waals surface area contributed by atoms with Gasteiger partial charge < -0.3 is 10.1 Å². The zero-order valence-corrected chi connectivity index (χ0v) is 19.8. The molecule has 2 N–H and O–H groups in total. The molecular weight excluding hydrogens is 471 g/mol. The highest BCUT2D eigenvalue weighted by molar-refractivity contribution is 7.92. The standard InChI is InChI=1S/C23H22Cl2N2O4S/c1-3-22(31-19-6-4-5-16(24)13-19)23(28)26-17-9-11-20(12-10-17)32(29,30)27-18-8-7-15(2)21(25)14-18/h4-14,22,27H,3H2,1-2H3,(H,26,28)/t22-/m1/s1. The summed E-state index contributed by atoms with van der Waals surface area (Å²) in [5.74, 6) is 0.138. The first-order valence-electron chi connectivity index (χ1n) is 9.80. The van der Waals surface area contributed by atoms with Crippen LogP contribution in [-0.2, 0) is 14.8 Å². The first-order chi connectivity index (χ1) is 15.2. The van der Waals surface area contributed by atoms with Gasteiger partial charge in [0, 0.05) is 15.7 Å². The van der Waals surface area contributed by atoms with E-state index in [2.05, 4.69) is 10.0 Å². The van der Waals surface area contributed by atoms with Crippen LogP contribution in [0.3, 0.4) is 0 Å². The predicted molar refractivity (Wildman–Crippen MR) is 128 cm³/mol. The molecule has 32 heavy (non-hydrogen) atoms. The van der Waals surface area contributed by atoms with Crippen molar-refractivity contribution < 1.29 is 17.9 Å². The van der Waals surface area contributed by atoms with Crippen LogP contribution in [0.5, 0.6) is 5.75 Å². The summed E-state index contributed by atoms with van der Waals surface area (Å²) in [7, 11) is -3.81. The fourth-order valence-corrected chi connectivity index (χ4v) is 4.25. The van der Waals surface area contributed by atoms with Crippen molar-refractivity contribution in [3.05, 3.63) is 82.3 Å². The Morgan fingerprint density at radius 2 is 1.69 bits per heavy atom. The average molecular weight is 493 g/mol. The second-order valence-corrected chi connectivity index (χ2v) is 9.58. The SMILES string of the molecule is CC[C@@H](Oc1cccc(Cl)c1)C(=O)Nc1ccc(S(=O)(=O)Nc2ccc(C)c(Cl)c2)cc1. The molecule has 168 valence electrons. The lowest BCUT2D eigenvalue weighted by atomic mass is 10.2. The summed E-state index contributed by atoms with van der Waals surface area (Å²) in [4.78, 5) is 12.7. The van der Waals surface area contributed by atoms with E-state index in [4.69, 9.17) is 27.9 Å². The van der Waals surface area contributed by atoms with Crippen LogP contribution < -0.4 is 14.8 Å². The van der Waals surface area contributed by atoms with Gasteiger partial charge in [-0.15, -0.1) is 0 Å². The van der Waals surface area contributed by atoms with Gasteiger partial charge in [0.25, 0.3) is 15.9 Å². The molecule has 6 nitrogen and oxygen atoms in total. The monoisotopic (exact) mass is 492 g/mol. The lowest BCUT2D eigenvalue weighted by molar-refractivity contribution is -0.122. The maximum atomic E-state index is 12.6. The second-order valence-electron chi connectivity index (χ2n) is 7.06. The summed E-state index contributed by atoms with van der Waals surface area (Å²) < 4.78 is 33.5. The summed E-state index contributed by atoms with van der Waals surface area (Å²) >= 11 is 12.0. The molecule has 1 amide bonds. The van der Waals surface area contributed by atoms with E-state index < -0.39 is 16.1 Å². The topological polar surface area (TPSA) is 84.5 Å². The van der Waals surface area contributed by atoms with Crippen molar-refractivity contribution in [1.82, 2.24) is 0 Å². The maximum absolute atomic E-state index is 12.6. The van der Waals surface area contributed by atoms with Crippen LogP contribution in [0.2, 0.25) is 10.0 Å². The van der Waals surface area contributed by atoms with Crippen LogP contribution in [0.4, 0.5) is 11.4 Å². The van der Waals surface area contributed by atoms with Crippen LogP contribution in [0.1, 0.15) is 18.9 Å². The number of anilines is 2. The number of aryl methyl sites for hydroxylation is 1. The van der Waals surface area contributed by atoms with Gasteiger partial charge in [-0.05, 0) is 73.5 Å². The highest BCUT2D eigenvalue weighted by Crippen LogP contribution is 2.24. The fourth-order valence-electron chi connectivity index (χ4n) is 2.84. The van der Waals surface area contributed by atoms with Crippen molar-refractivity contribution in [3.63, 3.8) is 0 Å². The van der Waals surface area contributed by atoms with E-state index >= 15 is 0 Å². The third-order valence-corrected chi connectivity index (χ3v) is 6.63. The zero-order chi connectivity index (χ0) is 23.3. The third-order valence-electron chi connectivity index (χ3n) is 4.59. The van der Waals surface area contributed by atoms with Gasteiger partial charge in [0.1, 0.15) is 5.75 Å². The van der Waals surface area contributed by atoms with Gasteiger partial charge in [0.05, 0.1) is 10.6 Å². The van der Waals surface area contributed by atoms with E-state index in [1.807, 2.05) is 13.8 Å². The summed E-state index contributed by atoms with van der Waals surface area (Å²) in [5.41, 5.74) is 1.65. The Morgan fingerprint density at radius 1 is 1.00 bits per heavy atom. The number of ether oxygens (including phenoxy) is 1. The van der Waals surface area contributed by atoms with Crippen molar-refractivity contribution >= 4 is 50.5 Å². The van der Waals surface area contributed by atoms with Crippen LogP contribution in [0.25, 0.3) is 0 Å². The molecule has 3 aromatic rings. The number of hydrogen-bond acceptors (Lipinski definition) is 4. The van der Waals surface area contributed by atoms with Crippen LogP contribution in [0.15, 0.2) is 71.6 Å². The number of halogens is 2. The van der Waals surface area contributed by atoms with Gasteiger partial charge in [-0.1, -0.05) is 42.3 Å². The molecule has 0 fully saturated rings. The van der Waals surface area contributed by atoms with Crippen LogP contribution in [0, 0.1) is 6.92 Å². The number of benzene rings is 3. The molecule has 9 heteroatoms. The largest absolute Gasteiger partial charge is 0.481 e. The fraction of sp³-hybridized carbons (Fsp3) is 0.174. The molecule has 3 aromatic carbocycles. The van der Waals surface area contributed by atoms with Gasteiger partial charge in [-0.3, -0.25) is 9.52 Å². The Kier molecular flexibility index (Phi) is 7.66. The van der Waals surface area contributed by atoms with E-state index in [-0.39, 0.29) is 10.8 Å². The minimum atomic E-state index is -3.81. The Bertz CT molecular complexity index is 1210. The van der Waals surface area contributed by atoms with E-state index in [9.17, 15) is 13.2 Å². The van der Waals surface area contributed by atoms with Crippen molar-refractivity contribution in [3.8, 4) is 5.75 Å². The molecule has 0 radical (unpaired) electrons. The number of nitrogens with one attached hydrogen (secondary N) is 2. The predicted octanol–water partition coefficient (Wildman–Crippen LogP) is 5.90. The van der Waals surface area contributed by atoms with Gasteiger partial charge in [0.2, 0.25) is 0 Å². The van der Waals surface area contributed by atoms with Crippen LogP contribution >= 0.6 is 23.2 Å². The molecular formula is C23H22Cl2N2O4S. The number of amides is 1. The summed E-state index contributed by atoms with van der Waals surface area (Å²) in [5, 5.41) is 3.72. The first kappa shape index (κ1) is 23.9. The van der Waals surface area contributed by atoms with Crippen molar-refractivity contribution in [2.45, 2.75) is 31.3 Å². The minimum Gasteiger partial charge on any atom is -0.481 e. The van der Waals surface area contributed by atoms with Gasteiger partial charge in [0.15, 0.2) is 6.10 Å². The molecule has 0 spiro atoms. The highest BCUT2D eigenvalue weighted by atomic mass is 35.5. The molecule has 0 aliphatic carbocycles. The quantitative estimate of drug-likeness (QED) is 0.409. The van der Waals surface area contributed by atoms with E-state index in [1.165, 1.54) is 24.3 Å². The molecule has 0 saturated carbocycles. The zero-order valence-electron chi connectivity index (χ0n) is 17.4. The summed E-state index contributed by atoms with van der Waals surface area (Å²) in [6.45, 7) is 3.66. The Labute approximate surface area is 197 Å². The number of carbonyl (C=O) groups is 1. The van der Waals surface area contributed by atoms with Crippen molar-refractivity contribution in [2.75, 3.05) is 10.0 Å². The van der Waals surface area contributed by atoms with Crippen LogP contribution in [-0.4, -0.2) is 20.4 Å². The van der Waals surface area contributed by atoms with Gasteiger partial charge in [-0.25, -0.2) is 8.42 Å². The number of carbonyl (C=O) groups excluding carboxylic acids is 1. The van der Waals surface area contributed by atoms with E-state index in [0.29, 0.717) is 33.6 Å². The lowest BCUT2D eigenvalue weighted by Crippen LogP contribution is -2.32. The maximum Gasteiger partial charge on any atom is 0.265 e. The normalized spacial score (nSPS) is 12.1. The number of hydrogen-bond donors (Lipinski definition) is 2. The van der Waals surface area contributed by atoms with E-state index in [0.717, 1.165) is 5.56 Å². The molecule has 0 aliphatic heterocycles. The van der Waals surface area contributed by atoms with Gasteiger partial charge >= 0.3 is 0 Å². The Hall–Kier alpha value is -2.74. The Balaban J connectivity index is 1.67. The molecule has 0 heterocycles. The number of rotatable bonds is 8. The third kappa shape index (κ3) is 6.16. The molecule has 3 rings (SSSR count). The molecule has 0 bridgehead atoms. The summed E-state index contributed by atoms with van der Waals surface area (Å²) in [6, 6.07) is 17.6. The van der Waals surface area contributed by atoms with Gasteiger partial charge in [-0.2, -0.15) is 0 Å². The lowest BCUT2D eigenvalue weighted by Gasteiger charge is -2.17. The van der Waals surface area contributed by atoms with Crippen molar-refractivity contribution in [1.29, 1.82) is 0 Å². The number of sulfonamides is 1. The first-order valence-corrected chi connectivity index (χ1v) is 12.0. The average Bonchev–Trinajstić information content (AvgIpc) is 2.75.